The highest BCUT2D eigenvalue weighted by Gasteiger charge is 2.35. The first-order valence-electron chi connectivity index (χ1n) is 12.0. The third kappa shape index (κ3) is 3.97. The molecule has 11 heteroatoms. The number of fused-ring (bicyclic) bond motifs is 2. The van der Waals surface area contributed by atoms with Gasteiger partial charge in [0.05, 0.1) is 41.9 Å². The summed E-state index contributed by atoms with van der Waals surface area (Å²) in [4.78, 5) is 8.55. The third-order valence-corrected chi connectivity index (χ3v) is 8.56. The highest BCUT2D eigenvalue weighted by molar-refractivity contribution is 7.92. The highest BCUT2D eigenvalue weighted by atomic mass is 32.2. The molecule has 3 heterocycles. The number of rotatable bonds is 5. The maximum atomic E-state index is 14.1. The maximum absolute atomic E-state index is 14.1. The third-order valence-electron chi connectivity index (χ3n) is 6.78. The molecule has 0 radical (unpaired) electrons. The van der Waals surface area contributed by atoms with Gasteiger partial charge in [-0.25, -0.2) is 13.1 Å². The van der Waals surface area contributed by atoms with E-state index in [-0.39, 0.29) is 29.2 Å². The van der Waals surface area contributed by atoms with Crippen molar-refractivity contribution in [1.82, 2.24) is 19.7 Å². The molecule has 1 unspecified atom stereocenters. The van der Waals surface area contributed by atoms with E-state index in [1.165, 1.54) is 4.31 Å². The van der Waals surface area contributed by atoms with Crippen LogP contribution < -0.4 is 20.5 Å². The minimum atomic E-state index is -3.93. The van der Waals surface area contributed by atoms with E-state index in [0.717, 1.165) is 22.4 Å². The summed E-state index contributed by atoms with van der Waals surface area (Å²) >= 11 is 0. The number of aromatic nitrogens is 4. The highest BCUT2D eigenvalue weighted by Crippen LogP contribution is 2.37. The molecule has 6 rings (SSSR count). The molecule has 2 aromatic heterocycles. The second kappa shape index (κ2) is 9.03. The number of ether oxygens (including phenoxy) is 1. The van der Waals surface area contributed by atoms with Crippen molar-refractivity contribution in [2.45, 2.75) is 17.4 Å². The van der Waals surface area contributed by atoms with Crippen molar-refractivity contribution in [3.8, 4) is 16.9 Å². The molecule has 10 nitrogen and oxygen atoms in total. The Morgan fingerprint density at radius 2 is 1.74 bits per heavy atom. The average Bonchev–Trinajstić information content (AvgIpc) is 3.37. The zero-order valence-electron chi connectivity index (χ0n) is 20.5. The topological polar surface area (TPSA) is 142 Å². The molecule has 0 aliphatic carbocycles. The molecular formula is C27H25N7O3S. The fraction of sp³-hybridized carbons (Fsp3) is 0.148. The number of sulfonamides is 1. The molecule has 0 bridgehead atoms. The van der Waals surface area contributed by atoms with E-state index in [4.69, 9.17) is 16.2 Å². The Bertz CT molecular complexity index is 1770. The van der Waals surface area contributed by atoms with Crippen LogP contribution in [-0.4, -0.2) is 41.8 Å². The number of nitrogen functional groups attached to an aromatic ring is 2. The predicted octanol–water partition coefficient (Wildman–Crippen LogP) is 3.66. The molecule has 5 aromatic rings. The van der Waals surface area contributed by atoms with Crippen LogP contribution in [0, 0.1) is 0 Å². The van der Waals surface area contributed by atoms with Crippen molar-refractivity contribution in [2.24, 2.45) is 0 Å². The Kier molecular flexibility index (Phi) is 5.64. The van der Waals surface area contributed by atoms with Gasteiger partial charge in [-0.2, -0.15) is 15.1 Å². The van der Waals surface area contributed by atoms with E-state index < -0.39 is 10.0 Å². The lowest BCUT2D eigenvalue weighted by atomic mass is 10.00. The van der Waals surface area contributed by atoms with Gasteiger partial charge in [0.15, 0.2) is 5.65 Å². The van der Waals surface area contributed by atoms with Gasteiger partial charge < -0.3 is 16.2 Å². The van der Waals surface area contributed by atoms with Gasteiger partial charge in [0.25, 0.3) is 10.0 Å². The van der Waals surface area contributed by atoms with Gasteiger partial charge in [0.2, 0.25) is 5.95 Å². The van der Waals surface area contributed by atoms with Crippen LogP contribution in [0.4, 0.5) is 17.5 Å². The van der Waals surface area contributed by atoms with Crippen molar-refractivity contribution in [2.75, 3.05) is 29.4 Å². The molecule has 4 N–H and O–H groups in total. The predicted molar refractivity (Wildman–Crippen MR) is 146 cm³/mol. The summed E-state index contributed by atoms with van der Waals surface area (Å²) in [5.41, 5.74) is 15.6. The first-order chi connectivity index (χ1) is 18.3. The fourth-order valence-electron chi connectivity index (χ4n) is 4.91. The van der Waals surface area contributed by atoms with Gasteiger partial charge in [-0.15, -0.1) is 0 Å². The average molecular weight is 528 g/mol. The van der Waals surface area contributed by atoms with E-state index in [1.807, 2.05) is 54.6 Å². The van der Waals surface area contributed by atoms with E-state index in [0.29, 0.717) is 23.1 Å². The Morgan fingerprint density at radius 1 is 0.947 bits per heavy atom. The number of anilines is 3. The van der Waals surface area contributed by atoms with Crippen LogP contribution in [0.5, 0.6) is 5.75 Å². The molecule has 0 spiro atoms. The molecule has 0 saturated carbocycles. The van der Waals surface area contributed by atoms with Crippen LogP contribution in [0.2, 0.25) is 0 Å². The molecular weight excluding hydrogens is 502 g/mol. The number of nitrogens with two attached hydrogens (primary N) is 2. The monoisotopic (exact) mass is 527 g/mol. The summed E-state index contributed by atoms with van der Waals surface area (Å²) in [6.07, 6.45) is 2.15. The van der Waals surface area contributed by atoms with Gasteiger partial charge in [0.1, 0.15) is 11.6 Å². The number of methoxy groups -OCH3 is 1. The van der Waals surface area contributed by atoms with Gasteiger partial charge in [-0.3, -0.25) is 4.31 Å². The number of nitrogens with zero attached hydrogens (tertiary/aromatic N) is 5. The first-order valence-corrected chi connectivity index (χ1v) is 13.4. The summed E-state index contributed by atoms with van der Waals surface area (Å²) in [5, 5.41) is 5.07. The number of benzene rings is 3. The van der Waals surface area contributed by atoms with Crippen molar-refractivity contribution in [3.05, 3.63) is 84.6 Å². The normalized spacial score (nSPS) is 15.4. The standard InChI is InChI=1S/C27H25N7O3S/c1-37-21-11-9-17(10-12-21)18-6-4-7-22(14-18)38(35,36)33-16-20(13-19-5-2-3-8-24(19)33)34-26-23(15-30-34)25(28)31-27(29)32-26/h2-12,14-15,20H,13,16H2,1H3,(H4,28,29,31,32). The van der Waals surface area contributed by atoms with Gasteiger partial charge >= 0.3 is 0 Å². The number of para-hydroxylation sites is 1. The summed E-state index contributed by atoms with van der Waals surface area (Å²) in [7, 11) is -2.32. The molecule has 0 fully saturated rings. The zero-order chi connectivity index (χ0) is 26.4. The van der Waals surface area contributed by atoms with Crippen LogP contribution in [0.25, 0.3) is 22.2 Å². The molecule has 1 aliphatic rings. The molecule has 0 amide bonds. The summed E-state index contributed by atoms with van der Waals surface area (Å²) < 4.78 is 36.6. The van der Waals surface area contributed by atoms with Crippen molar-refractivity contribution in [3.63, 3.8) is 0 Å². The van der Waals surface area contributed by atoms with Crippen molar-refractivity contribution >= 4 is 38.5 Å². The lowest BCUT2D eigenvalue weighted by molar-refractivity contribution is 0.415. The molecule has 1 atom stereocenters. The van der Waals surface area contributed by atoms with Gasteiger partial charge in [-0.1, -0.05) is 42.5 Å². The Balaban J connectivity index is 1.42. The van der Waals surface area contributed by atoms with Gasteiger partial charge in [0, 0.05) is 0 Å². The van der Waals surface area contributed by atoms with E-state index in [9.17, 15) is 8.42 Å². The molecule has 0 saturated heterocycles. The van der Waals surface area contributed by atoms with E-state index in [1.54, 1.807) is 36.2 Å². The molecule has 38 heavy (non-hydrogen) atoms. The van der Waals surface area contributed by atoms with E-state index in [2.05, 4.69) is 15.1 Å². The van der Waals surface area contributed by atoms with Crippen LogP contribution in [0.15, 0.2) is 83.9 Å². The quantitative estimate of drug-likeness (QED) is 0.353. The maximum Gasteiger partial charge on any atom is 0.264 e. The first kappa shape index (κ1) is 23.7. The number of hydrogen-bond donors (Lipinski definition) is 2. The molecule has 1 aliphatic heterocycles. The lowest BCUT2D eigenvalue weighted by Gasteiger charge is -2.35. The summed E-state index contributed by atoms with van der Waals surface area (Å²) in [5.74, 6) is 0.996. The Hall–Kier alpha value is -4.64. The Morgan fingerprint density at radius 3 is 2.53 bits per heavy atom. The van der Waals surface area contributed by atoms with Crippen LogP contribution in [-0.2, 0) is 16.4 Å². The minimum Gasteiger partial charge on any atom is -0.497 e. The molecule has 192 valence electrons. The SMILES string of the molecule is COc1ccc(-c2cccc(S(=O)(=O)N3CC(n4ncc5c(N)nc(N)nc54)Cc4ccccc43)c2)cc1. The lowest BCUT2D eigenvalue weighted by Crippen LogP contribution is -2.41. The molecule has 3 aromatic carbocycles. The second-order valence-electron chi connectivity index (χ2n) is 9.07. The summed E-state index contributed by atoms with van der Waals surface area (Å²) in [6, 6.07) is 21.6. The van der Waals surface area contributed by atoms with Crippen molar-refractivity contribution < 1.29 is 13.2 Å². The van der Waals surface area contributed by atoms with E-state index >= 15 is 0 Å². The smallest absolute Gasteiger partial charge is 0.264 e. The van der Waals surface area contributed by atoms with Crippen molar-refractivity contribution in [1.29, 1.82) is 0 Å². The zero-order valence-corrected chi connectivity index (χ0v) is 21.3. The number of hydrogen-bond acceptors (Lipinski definition) is 8. The second-order valence-corrected chi connectivity index (χ2v) is 10.9. The minimum absolute atomic E-state index is 0.0350. The summed E-state index contributed by atoms with van der Waals surface area (Å²) in [6.45, 7) is 0.159. The van der Waals surface area contributed by atoms with Crippen LogP contribution >= 0.6 is 0 Å². The largest absolute Gasteiger partial charge is 0.497 e. The Labute approximate surface area is 219 Å². The van der Waals surface area contributed by atoms with Crippen LogP contribution in [0.3, 0.4) is 0 Å². The van der Waals surface area contributed by atoms with Gasteiger partial charge in [-0.05, 0) is 53.4 Å². The van der Waals surface area contributed by atoms with Crippen LogP contribution in [0.1, 0.15) is 11.6 Å². The fourth-order valence-corrected chi connectivity index (χ4v) is 6.49.